The molecule has 0 heterocycles. The van der Waals surface area contributed by atoms with Crippen LogP contribution in [0.3, 0.4) is 0 Å². The van der Waals surface area contributed by atoms with Gasteiger partial charge < -0.3 is 5.11 Å². The first-order valence-electron chi connectivity index (χ1n) is 15.8. The predicted octanol–water partition coefficient (Wildman–Crippen LogP) is 9.11. The third-order valence-electron chi connectivity index (χ3n) is 7.05. The van der Waals surface area contributed by atoms with Crippen LogP contribution in [0.4, 0.5) is 17.1 Å². The lowest BCUT2D eigenvalue weighted by molar-refractivity contribution is -0.407. The Kier molecular flexibility index (Phi) is 22.9. The van der Waals surface area contributed by atoms with Crippen molar-refractivity contribution < 1.29 is 37.6 Å². The number of benzene rings is 1. The number of carboxylic acid groups (broad SMARTS) is 1. The number of carboxylic acids is 1. The number of hydrogen-bond donors (Lipinski definition) is 2. The topological polar surface area (TPSA) is 221 Å². The van der Waals surface area contributed by atoms with E-state index in [1.54, 1.807) is 0 Å². The molecule has 1 rings (SSSR count). The molecule has 0 fully saturated rings. The van der Waals surface area contributed by atoms with Gasteiger partial charge in [-0.3, -0.25) is 39.7 Å². The van der Waals surface area contributed by atoms with Crippen LogP contribution < -0.4 is 0 Å². The van der Waals surface area contributed by atoms with Crippen molar-refractivity contribution in [1.82, 2.24) is 0 Å². The van der Waals surface area contributed by atoms with Crippen molar-refractivity contribution in [2.75, 3.05) is 0 Å². The fraction of sp³-hybridized carbons (Fsp3) is 0.700. The maximum atomic E-state index is 10.9. The van der Waals surface area contributed by atoms with Crippen LogP contribution in [0, 0.1) is 30.3 Å². The highest BCUT2D eigenvalue weighted by molar-refractivity contribution is 7.86. The normalized spacial score (nSPS) is 11.2. The molecule has 2 N–H and O–H groups in total. The molecule has 15 heteroatoms. The zero-order chi connectivity index (χ0) is 34.1. The first-order chi connectivity index (χ1) is 21.3. The number of aliphatic carboxylic acids is 1. The molecule has 0 aliphatic rings. The smallest absolute Gasteiger partial charge is 0.308 e. The van der Waals surface area contributed by atoms with Gasteiger partial charge in [0.15, 0.2) is 0 Å². The van der Waals surface area contributed by atoms with Crippen LogP contribution in [0.5, 0.6) is 0 Å². The third-order valence-corrected chi connectivity index (χ3v) is 7.98. The average molecular weight is 660 g/mol. The number of rotatable bonds is 25. The SMILES string of the molecule is CCCCCCCC/C=C\CCCCCCCCCCCCCC(=O)O.O=[N+]([O-])c1cc([N+](=O)[O-])c(S(=O)(=O)O)c([N+](=O)[O-])c1. The number of allylic oxidation sites excluding steroid dienone is 2. The summed E-state index contributed by atoms with van der Waals surface area (Å²) in [5, 5.41) is 40.2. The van der Waals surface area contributed by atoms with Gasteiger partial charge in [0.05, 0.1) is 26.9 Å². The highest BCUT2D eigenvalue weighted by Crippen LogP contribution is 2.36. The van der Waals surface area contributed by atoms with E-state index < -0.39 is 52.8 Å². The van der Waals surface area contributed by atoms with Gasteiger partial charge in [-0.15, -0.1) is 0 Å². The summed E-state index contributed by atoms with van der Waals surface area (Å²) >= 11 is 0. The molecular weight excluding hydrogens is 610 g/mol. The summed E-state index contributed by atoms with van der Waals surface area (Å²) in [5.41, 5.74) is -3.96. The summed E-state index contributed by atoms with van der Waals surface area (Å²) in [6.45, 7) is 2.28. The van der Waals surface area contributed by atoms with E-state index in [-0.39, 0.29) is 12.1 Å². The van der Waals surface area contributed by atoms with Crippen molar-refractivity contribution in [3.63, 3.8) is 0 Å². The Bertz CT molecular complexity index is 1150. The molecule has 0 atom stereocenters. The second kappa shape index (κ2) is 24.8. The number of unbranched alkanes of at least 4 members (excludes halogenated alkanes) is 17. The van der Waals surface area contributed by atoms with Crippen molar-refractivity contribution in [2.24, 2.45) is 0 Å². The van der Waals surface area contributed by atoms with Crippen LogP contribution in [0.2, 0.25) is 0 Å². The minimum atomic E-state index is -5.30. The Morgan fingerprint density at radius 3 is 1.33 bits per heavy atom. The number of non-ortho nitro benzene ring substituents is 1. The van der Waals surface area contributed by atoms with E-state index in [4.69, 9.17) is 9.66 Å². The number of carbonyl (C=O) groups is 1. The molecule has 1 aromatic rings. The average Bonchev–Trinajstić information content (AvgIpc) is 2.96. The molecule has 0 aromatic heterocycles. The first kappa shape index (κ1) is 41.5. The molecule has 0 unspecified atom stereocenters. The van der Waals surface area contributed by atoms with Crippen LogP contribution >= 0.6 is 0 Å². The zero-order valence-corrected chi connectivity index (χ0v) is 27.1. The van der Waals surface area contributed by atoms with E-state index in [1.165, 1.54) is 109 Å². The quantitative estimate of drug-likeness (QED) is 0.0331. The zero-order valence-electron chi connectivity index (χ0n) is 26.3. The second-order valence-corrected chi connectivity index (χ2v) is 12.3. The van der Waals surface area contributed by atoms with Crippen molar-refractivity contribution in [2.45, 2.75) is 140 Å². The van der Waals surface area contributed by atoms with E-state index in [9.17, 15) is 43.6 Å². The van der Waals surface area contributed by atoms with Crippen LogP contribution in [-0.2, 0) is 14.9 Å². The molecule has 0 aliphatic heterocycles. The lowest BCUT2D eigenvalue weighted by Crippen LogP contribution is -2.08. The van der Waals surface area contributed by atoms with Crippen LogP contribution in [-0.4, -0.2) is 38.8 Å². The highest BCUT2D eigenvalue weighted by atomic mass is 32.2. The van der Waals surface area contributed by atoms with Crippen molar-refractivity contribution >= 4 is 33.1 Å². The van der Waals surface area contributed by atoms with E-state index >= 15 is 0 Å². The summed E-state index contributed by atoms with van der Waals surface area (Å²) in [4.78, 5) is 36.5. The van der Waals surface area contributed by atoms with Gasteiger partial charge in [-0.1, -0.05) is 109 Å². The molecule has 0 saturated carbocycles. The molecule has 0 amide bonds. The standard InChI is InChI=1S/C24H46O2.C6H3N3O9S/c1-2-3-4-5-6-7-8-9-10-11-12-13-14-15-16-17-18-19-20-21-22-23-24(25)26;10-7(11)3-1-4(8(12)13)6(19(16,17)18)5(2-3)9(14)15/h9-10H,2-8,11-23H2,1H3,(H,25,26);1-2H,(H,16,17,18)/b10-9-;. The molecule has 1 aromatic carbocycles. The molecule has 14 nitrogen and oxygen atoms in total. The second-order valence-electron chi connectivity index (χ2n) is 10.9. The van der Waals surface area contributed by atoms with E-state index in [2.05, 4.69) is 19.1 Å². The van der Waals surface area contributed by atoms with Gasteiger partial charge in [0, 0.05) is 6.42 Å². The number of nitro benzene ring substituents is 3. The predicted molar refractivity (Wildman–Crippen MR) is 171 cm³/mol. The molecule has 0 spiro atoms. The summed E-state index contributed by atoms with van der Waals surface area (Å²) in [6, 6.07) is 0.409. The van der Waals surface area contributed by atoms with Crippen molar-refractivity contribution in [1.29, 1.82) is 0 Å². The summed E-state index contributed by atoms with van der Waals surface area (Å²) < 4.78 is 30.7. The lowest BCUT2D eigenvalue weighted by atomic mass is 10.0. The fourth-order valence-electron chi connectivity index (χ4n) is 4.63. The Labute approximate surface area is 265 Å². The molecule has 256 valence electrons. The summed E-state index contributed by atoms with van der Waals surface area (Å²) in [6.07, 6.45) is 30.1. The van der Waals surface area contributed by atoms with Gasteiger partial charge in [0.25, 0.3) is 5.69 Å². The van der Waals surface area contributed by atoms with E-state index in [0.717, 1.165) is 12.8 Å². The number of nitro groups is 3. The molecule has 45 heavy (non-hydrogen) atoms. The molecule has 0 aliphatic carbocycles. The van der Waals surface area contributed by atoms with Crippen LogP contribution in [0.1, 0.15) is 135 Å². The Hall–Kier alpha value is -3.46. The maximum Gasteiger partial charge on any atom is 0.308 e. The van der Waals surface area contributed by atoms with Gasteiger partial charge in [0.2, 0.25) is 4.90 Å². The van der Waals surface area contributed by atoms with Gasteiger partial charge in [-0.05, 0) is 32.1 Å². The van der Waals surface area contributed by atoms with Crippen LogP contribution in [0.25, 0.3) is 0 Å². The summed E-state index contributed by atoms with van der Waals surface area (Å²) in [7, 11) is -5.30. The molecular formula is C30H49N3O11S. The largest absolute Gasteiger partial charge is 0.481 e. The van der Waals surface area contributed by atoms with Crippen molar-refractivity contribution in [3.05, 3.63) is 54.6 Å². The molecule has 0 radical (unpaired) electrons. The Morgan fingerprint density at radius 2 is 1.02 bits per heavy atom. The highest BCUT2D eigenvalue weighted by Gasteiger charge is 2.37. The Morgan fingerprint density at radius 1 is 0.667 bits per heavy atom. The fourth-order valence-corrected chi connectivity index (χ4v) is 5.43. The van der Waals surface area contributed by atoms with Crippen molar-refractivity contribution in [3.8, 4) is 0 Å². The maximum absolute atomic E-state index is 10.9. The Balaban J connectivity index is 0.000000900. The minimum Gasteiger partial charge on any atom is -0.481 e. The first-order valence-corrected chi connectivity index (χ1v) is 17.2. The number of hydrogen-bond acceptors (Lipinski definition) is 9. The van der Waals surface area contributed by atoms with Gasteiger partial charge in [0.1, 0.15) is 0 Å². The molecule has 0 bridgehead atoms. The minimum absolute atomic E-state index is 0.204. The third kappa shape index (κ3) is 21.0. The van der Waals surface area contributed by atoms with Gasteiger partial charge in [-0.25, -0.2) is 0 Å². The van der Waals surface area contributed by atoms with E-state index in [0.29, 0.717) is 6.42 Å². The monoisotopic (exact) mass is 659 g/mol. The van der Waals surface area contributed by atoms with E-state index in [1.807, 2.05) is 0 Å². The van der Waals surface area contributed by atoms with Crippen LogP contribution in [0.15, 0.2) is 29.2 Å². The summed E-state index contributed by atoms with van der Waals surface area (Å²) in [5.74, 6) is -0.654. The van der Waals surface area contributed by atoms with Gasteiger partial charge >= 0.3 is 27.5 Å². The number of nitrogens with zero attached hydrogens (tertiary/aromatic N) is 3. The lowest BCUT2D eigenvalue weighted by Gasteiger charge is -2.02. The molecule has 0 saturated heterocycles. The van der Waals surface area contributed by atoms with Gasteiger partial charge in [-0.2, -0.15) is 8.42 Å².